The summed E-state index contributed by atoms with van der Waals surface area (Å²) < 4.78 is 5.00. The molecule has 1 aromatic heterocycles. The van der Waals surface area contributed by atoms with Crippen molar-refractivity contribution < 1.29 is 9.53 Å². The zero-order chi connectivity index (χ0) is 19.8. The van der Waals surface area contributed by atoms with Gasteiger partial charge in [0.05, 0.1) is 24.1 Å². The SMILES string of the molecule is CCc1ccc(CCN2CCC[C@H](c3[nH]ncc3C(=O)NCCOC)C2)cc1. The van der Waals surface area contributed by atoms with E-state index < -0.39 is 0 Å². The second kappa shape index (κ2) is 10.4. The third-order valence-electron chi connectivity index (χ3n) is 5.57. The lowest BCUT2D eigenvalue weighted by Gasteiger charge is -2.32. The normalized spacial score (nSPS) is 17.6. The summed E-state index contributed by atoms with van der Waals surface area (Å²) in [6.45, 7) is 6.33. The van der Waals surface area contributed by atoms with Crippen molar-refractivity contribution in [2.45, 2.75) is 38.5 Å². The number of hydrogen-bond donors (Lipinski definition) is 2. The maximum Gasteiger partial charge on any atom is 0.254 e. The van der Waals surface area contributed by atoms with E-state index in [4.69, 9.17) is 4.74 Å². The Hall–Kier alpha value is -2.18. The number of carbonyl (C=O) groups excluding carboxylic acids is 1. The molecule has 1 saturated heterocycles. The molecular weight excluding hydrogens is 352 g/mol. The highest BCUT2D eigenvalue weighted by atomic mass is 16.5. The number of piperidine rings is 1. The minimum atomic E-state index is -0.0751. The molecule has 0 saturated carbocycles. The Morgan fingerprint density at radius 2 is 2.11 bits per heavy atom. The molecule has 1 aliphatic heterocycles. The molecule has 0 bridgehead atoms. The van der Waals surface area contributed by atoms with Gasteiger partial charge in [-0.15, -0.1) is 0 Å². The van der Waals surface area contributed by atoms with E-state index in [0.29, 0.717) is 24.6 Å². The number of hydrogen-bond acceptors (Lipinski definition) is 4. The Bertz CT molecular complexity index is 741. The van der Waals surface area contributed by atoms with Gasteiger partial charge in [0.2, 0.25) is 0 Å². The first-order valence-corrected chi connectivity index (χ1v) is 10.3. The highest BCUT2D eigenvalue weighted by Gasteiger charge is 2.26. The summed E-state index contributed by atoms with van der Waals surface area (Å²) in [6, 6.07) is 8.95. The molecule has 6 nitrogen and oxygen atoms in total. The molecule has 152 valence electrons. The van der Waals surface area contributed by atoms with Crippen LogP contribution in [0.1, 0.15) is 52.9 Å². The van der Waals surface area contributed by atoms with Gasteiger partial charge in [-0.2, -0.15) is 5.10 Å². The summed E-state index contributed by atoms with van der Waals surface area (Å²) in [5.74, 6) is 0.246. The quantitative estimate of drug-likeness (QED) is 0.652. The maximum absolute atomic E-state index is 12.4. The van der Waals surface area contributed by atoms with Crippen LogP contribution in [0, 0.1) is 0 Å². The van der Waals surface area contributed by atoms with E-state index in [9.17, 15) is 4.79 Å². The molecule has 0 aliphatic carbocycles. The smallest absolute Gasteiger partial charge is 0.254 e. The fraction of sp³-hybridized carbons (Fsp3) is 0.545. The van der Waals surface area contributed by atoms with Crippen molar-refractivity contribution in [1.29, 1.82) is 0 Å². The number of carbonyl (C=O) groups is 1. The van der Waals surface area contributed by atoms with E-state index in [2.05, 4.69) is 51.6 Å². The predicted octanol–water partition coefficient (Wildman–Crippen LogP) is 2.77. The molecule has 28 heavy (non-hydrogen) atoms. The highest BCUT2D eigenvalue weighted by Crippen LogP contribution is 2.28. The van der Waals surface area contributed by atoms with Gasteiger partial charge in [-0.1, -0.05) is 31.2 Å². The number of rotatable bonds is 9. The molecule has 1 fully saturated rings. The zero-order valence-electron chi connectivity index (χ0n) is 17.0. The number of benzene rings is 1. The third kappa shape index (κ3) is 5.42. The Labute approximate surface area is 167 Å². The van der Waals surface area contributed by atoms with Gasteiger partial charge in [0, 0.05) is 32.7 Å². The van der Waals surface area contributed by atoms with E-state index in [-0.39, 0.29) is 5.91 Å². The van der Waals surface area contributed by atoms with Crippen molar-refractivity contribution in [2.75, 3.05) is 39.9 Å². The van der Waals surface area contributed by atoms with Gasteiger partial charge in [-0.05, 0) is 43.4 Å². The van der Waals surface area contributed by atoms with E-state index in [1.165, 1.54) is 11.1 Å². The van der Waals surface area contributed by atoms with Crippen LogP contribution >= 0.6 is 0 Å². The first kappa shape index (κ1) is 20.6. The molecule has 0 spiro atoms. The molecule has 1 amide bonds. The first-order valence-electron chi connectivity index (χ1n) is 10.3. The van der Waals surface area contributed by atoms with Crippen LogP contribution in [-0.2, 0) is 17.6 Å². The van der Waals surface area contributed by atoms with E-state index in [0.717, 1.165) is 51.0 Å². The molecule has 0 unspecified atom stereocenters. The van der Waals surface area contributed by atoms with Gasteiger partial charge >= 0.3 is 0 Å². The number of likely N-dealkylation sites (tertiary alicyclic amines) is 1. The number of nitrogens with zero attached hydrogens (tertiary/aromatic N) is 2. The Morgan fingerprint density at radius 1 is 1.32 bits per heavy atom. The number of aryl methyl sites for hydroxylation is 1. The molecule has 1 aliphatic rings. The molecule has 6 heteroatoms. The second-order valence-electron chi connectivity index (χ2n) is 7.51. The molecule has 1 aromatic carbocycles. The van der Waals surface area contributed by atoms with Gasteiger partial charge in [-0.3, -0.25) is 9.89 Å². The molecule has 2 heterocycles. The summed E-state index contributed by atoms with van der Waals surface area (Å²) >= 11 is 0. The molecule has 3 rings (SSSR count). The molecule has 2 N–H and O–H groups in total. The highest BCUT2D eigenvalue weighted by molar-refractivity contribution is 5.95. The Morgan fingerprint density at radius 3 is 2.86 bits per heavy atom. The van der Waals surface area contributed by atoms with Crippen LogP contribution < -0.4 is 5.32 Å². The first-order chi connectivity index (χ1) is 13.7. The number of aromatic amines is 1. The molecule has 2 aromatic rings. The van der Waals surface area contributed by atoms with Crippen LogP contribution in [0.4, 0.5) is 0 Å². The van der Waals surface area contributed by atoms with Crippen LogP contribution in [-0.4, -0.2) is 60.9 Å². The summed E-state index contributed by atoms with van der Waals surface area (Å²) in [7, 11) is 1.63. The van der Waals surface area contributed by atoms with Gasteiger partial charge in [0.25, 0.3) is 5.91 Å². The van der Waals surface area contributed by atoms with Crippen molar-refractivity contribution in [3.8, 4) is 0 Å². The van der Waals surface area contributed by atoms with E-state index in [1.54, 1.807) is 13.3 Å². The number of aromatic nitrogens is 2. The minimum absolute atomic E-state index is 0.0751. The maximum atomic E-state index is 12.4. The molecular formula is C22H32N4O2. The number of nitrogens with one attached hydrogen (secondary N) is 2. The predicted molar refractivity (Wildman–Crippen MR) is 111 cm³/mol. The Kier molecular flexibility index (Phi) is 7.62. The largest absolute Gasteiger partial charge is 0.383 e. The van der Waals surface area contributed by atoms with Crippen LogP contribution in [0.2, 0.25) is 0 Å². The second-order valence-corrected chi connectivity index (χ2v) is 7.51. The van der Waals surface area contributed by atoms with Crippen LogP contribution in [0.25, 0.3) is 0 Å². The van der Waals surface area contributed by atoms with Crippen LogP contribution in [0.5, 0.6) is 0 Å². The van der Waals surface area contributed by atoms with Crippen molar-refractivity contribution in [3.05, 3.63) is 52.8 Å². The summed E-state index contributed by atoms with van der Waals surface area (Å²) in [4.78, 5) is 15.0. The van der Waals surface area contributed by atoms with Crippen molar-refractivity contribution in [3.63, 3.8) is 0 Å². The molecule has 1 atom stereocenters. The summed E-state index contributed by atoms with van der Waals surface area (Å²) in [5.41, 5.74) is 4.40. The van der Waals surface area contributed by atoms with Crippen LogP contribution in [0.3, 0.4) is 0 Å². The van der Waals surface area contributed by atoms with Gasteiger partial charge in [0.1, 0.15) is 0 Å². The standard InChI is InChI=1S/C22H32N4O2/c1-3-17-6-8-18(9-7-17)10-13-26-12-4-5-19(16-26)21-20(15-24-25-21)22(27)23-11-14-28-2/h6-9,15,19H,3-5,10-14,16H2,1-2H3,(H,23,27)(H,24,25)/t19-/m0/s1. The number of ether oxygens (including phenoxy) is 1. The lowest BCUT2D eigenvalue weighted by atomic mass is 9.92. The van der Waals surface area contributed by atoms with Crippen LogP contribution in [0.15, 0.2) is 30.5 Å². The fourth-order valence-electron chi connectivity index (χ4n) is 3.87. The van der Waals surface area contributed by atoms with E-state index in [1.807, 2.05) is 0 Å². The monoisotopic (exact) mass is 384 g/mol. The molecule has 0 radical (unpaired) electrons. The van der Waals surface area contributed by atoms with Crippen molar-refractivity contribution in [1.82, 2.24) is 20.4 Å². The number of amides is 1. The average Bonchev–Trinajstić information content (AvgIpc) is 3.23. The Balaban J connectivity index is 1.56. The van der Waals surface area contributed by atoms with Crippen molar-refractivity contribution in [2.24, 2.45) is 0 Å². The zero-order valence-corrected chi connectivity index (χ0v) is 17.0. The van der Waals surface area contributed by atoms with Crippen molar-refractivity contribution >= 4 is 5.91 Å². The van der Waals surface area contributed by atoms with Gasteiger partial charge in [0.15, 0.2) is 0 Å². The fourth-order valence-corrected chi connectivity index (χ4v) is 3.87. The topological polar surface area (TPSA) is 70.2 Å². The number of methoxy groups -OCH3 is 1. The summed E-state index contributed by atoms with van der Waals surface area (Å²) in [6.07, 6.45) is 6.01. The minimum Gasteiger partial charge on any atom is -0.383 e. The summed E-state index contributed by atoms with van der Waals surface area (Å²) in [5, 5.41) is 10.1. The third-order valence-corrected chi connectivity index (χ3v) is 5.57. The lowest BCUT2D eigenvalue weighted by Crippen LogP contribution is -2.37. The average molecular weight is 385 g/mol. The van der Waals surface area contributed by atoms with Gasteiger partial charge in [-0.25, -0.2) is 0 Å². The number of H-pyrrole nitrogens is 1. The van der Waals surface area contributed by atoms with Gasteiger partial charge < -0.3 is 15.0 Å². The lowest BCUT2D eigenvalue weighted by molar-refractivity contribution is 0.0934. The van der Waals surface area contributed by atoms with E-state index >= 15 is 0 Å².